The lowest BCUT2D eigenvalue weighted by molar-refractivity contribution is 0.0991. The predicted octanol–water partition coefficient (Wildman–Crippen LogP) is 3.05. The molecule has 3 heteroatoms. The van der Waals surface area contributed by atoms with Gasteiger partial charge in [-0.15, -0.1) is 0 Å². The molecule has 0 saturated heterocycles. The number of benzene rings is 1. The monoisotopic (exact) mass is 249 g/mol. The number of unbranched alkanes of at least 4 members (excludes halogenated alkanes) is 1. The fourth-order valence-corrected chi connectivity index (χ4v) is 1.56. The SMILES string of the molecule is CCCCNCC(=O)c1ccc(OCCC)cc1. The van der Waals surface area contributed by atoms with E-state index in [0.29, 0.717) is 13.2 Å². The van der Waals surface area contributed by atoms with E-state index >= 15 is 0 Å². The number of carbonyl (C=O) groups excluding carboxylic acids is 1. The van der Waals surface area contributed by atoms with Crippen LogP contribution in [0, 0.1) is 0 Å². The molecule has 1 N–H and O–H groups in total. The molecule has 18 heavy (non-hydrogen) atoms. The first-order valence-electron chi connectivity index (χ1n) is 6.74. The number of nitrogens with one attached hydrogen (secondary N) is 1. The molecule has 1 rings (SSSR count). The summed E-state index contributed by atoms with van der Waals surface area (Å²) in [5, 5.41) is 3.15. The highest BCUT2D eigenvalue weighted by Gasteiger charge is 2.05. The summed E-state index contributed by atoms with van der Waals surface area (Å²) in [6.45, 7) is 6.24. The first-order chi connectivity index (χ1) is 8.77. The molecule has 0 atom stereocenters. The fourth-order valence-electron chi connectivity index (χ4n) is 1.56. The summed E-state index contributed by atoms with van der Waals surface area (Å²) in [6, 6.07) is 7.37. The molecule has 0 fully saturated rings. The topological polar surface area (TPSA) is 38.3 Å². The van der Waals surface area contributed by atoms with Crippen LogP contribution in [0.2, 0.25) is 0 Å². The Bertz CT molecular complexity index is 346. The first-order valence-corrected chi connectivity index (χ1v) is 6.74. The molecular formula is C15H23NO2. The van der Waals surface area contributed by atoms with Crippen molar-refractivity contribution in [1.29, 1.82) is 0 Å². The molecule has 0 unspecified atom stereocenters. The second-order valence-electron chi connectivity index (χ2n) is 4.33. The zero-order valence-electron chi connectivity index (χ0n) is 11.4. The van der Waals surface area contributed by atoms with E-state index in [2.05, 4.69) is 19.2 Å². The molecule has 0 aliphatic heterocycles. The van der Waals surface area contributed by atoms with E-state index < -0.39 is 0 Å². The molecule has 0 bridgehead atoms. The van der Waals surface area contributed by atoms with E-state index in [4.69, 9.17) is 4.74 Å². The largest absolute Gasteiger partial charge is 0.494 e. The van der Waals surface area contributed by atoms with Crippen LogP contribution in [-0.2, 0) is 0 Å². The van der Waals surface area contributed by atoms with E-state index in [1.165, 1.54) is 0 Å². The minimum absolute atomic E-state index is 0.133. The molecule has 0 aliphatic carbocycles. The lowest BCUT2D eigenvalue weighted by Gasteiger charge is -2.06. The van der Waals surface area contributed by atoms with Crippen LogP contribution in [0.1, 0.15) is 43.5 Å². The molecule has 100 valence electrons. The number of hydrogen-bond donors (Lipinski definition) is 1. The maximum absolute atomic E-state index is 11.8. The molecule has 3 nitrogen and oxygen atoms in total. The average molecular weight is 249 g/mol. The van der Waals surface area contributed by atoms with Crippen molar-refractivity contribution in [3.63, 3.8) is 0 Å². The Labute approximate surface area is 110 Å². The smallest absolute Gasteiger partial charge is 0.176 e. The van der Waals surface area contributed by atoms with Gasteiger partial charge in [0, 0.05) is 5.56 Å². The van der Waals surface area contributed by atoms with Gasteiger partial charge >= 0.3 is 0 Å². The molecule has 0 aliphatic rings. The van der Waals surface area contributed by atoms with Crippen LogP contribution in [0.5, 0.6) is 5.75 Å². The zero-order valence-corrected chi connectivity index (χ0v) is 11.4. The van der Waals surface area contributed by atoms with Crippen molar-refractivity contribution in [3.05, 3.63) is 29.8 Å². The van der Waals surface area contributed by atoms with Gasteiger partial charge in [-0.25, -0.2) is 0 Å². The Balaban J connectivity index is 2.38. The summed E-state index contributed by atoms with van der Waals surface area (Å²) in [7, 11) is 0. The highest BCUT2D eigenvalue weighted by molar-refractivity contribution is 5.97. The van der Waals surface area contributed by atoms with Crippen molar-refractivity contribution < 1.29 is 9.53 Å². The minimum atomic E-state index is 0.133. The summed E-state index contributed by atoms with van der Waals surface area (Å²) < 4.78 is 5.48. The van der Waals surface area contributed by atoms with Crippen molar-refractivity contribution in [2.75, 3.05) is 19.7 Å². The Morgan fingerprint density at radius 2 is 1.89 bits per heavy atom. The molecule has 1 aromatic carbocycles. The Kier molecular flexibility index (Phi) is 7.11. The van der Waals surface area contributed by atoms with Crippen molar-refractivity contribution in [3.8, 4) is 5.75 Å². The molecule has 0 aromatic heterocycles. The Hall–Kier alpha value is -1.35. The van der Waals surface area contributed by atoms with Gasteiger partial charge < -0.3 is 10.1 Å². The fraction of sp³-hybridized carbons (Fsp3) is 0.533. The molecule has 0 heterocycles. The van der Waals surface area contributed by atoms with Crippen molar-refractivity contribution in [1.82, 2.24) is 5.32 Å². The summed E-state index contributed by atoms with van der Waals surface area (Å²) in [5.74, 6) is 0.959. The highest BCUT2D eigenvalue weighted by Crippen LogP contribution is 2.12. The van der Waals surface area contributed by atoms with E-state index in [1.54, 1.807) is 0 Å². The van der Waals surface area contributed by atoms with Crippen LogP contribution in [0.3, 0.4) is 0 Å². The number of hydrogen-bond acceptors (Lipinski definition) is 3. The van der Waals surface area contributed by atoms with Gasteiger partial charge in [0.05, 0.1) is 13.2 Å². The number of ether oxygens (including phenoxy) is 1. The third-order valence-electron chi connectivity index (χ3n) is 2.64. The van der Waals surface area contributed by atoms with Gasteiger partial charge in [0.1, 0.15) is 5.75 Å². The average Bonchev–Trinajstić information content (AvgIpc) is 2.41. The van der Waals surface area contributed by atoms with Gasteiger partial charge in [0.25, 0.3) is 0 Å². The maximum Gasteiger partial charge on any atom is 0.176 e. The number of ketones is 1. The summed E-state index contributed by atoms with van der Waals surface area (Å²) in [6.07, 6.45) is 3.24. The van der Waals surface area contributed by atoms with Gasteiger partial charge in [-0.1, -0.05) is 20.3 Å². The summed E-state index contributed by atoms with van der Waals surface area (Å²) in [4.78, 5) is 11.8. The minimum Gasteiger partial charge on any atom is -0.494 e. The number of Topliss-reactive ketones (excluding diaryl/α,β-unsaturated/α-hetero) is 1. The van der Waals surface area contributed by atoms with Crippen LogP contribution in [0.15, 0.2) is 24.3 Å². The molecule has 0 saturated carbocycles. The van der Waals surface area contributed by atoms with E-state index in [9.17, 15) is 4.79 Å². The van der Waals surface area contributed by atoms with Gasteiger partial charge in [-0.2, -0.15) is 0 Å². The summed E-state index contributed by atoms with van der Waals surface area (Å²) >= 11 is 0. The third kappa shape index (κ3) is 5.32. The van der Waals surface area contributed by atoms with Gasteiger partial charge in [-0.3, -0.25) is 4.79 Å². The lowest BCUT2D eigenvalue weighted by Crippen LogP contribution is -2.23. The predicted molar refractivity (Wildman–Crippen MR) is 74.3 cm³/mol. The number of rotatable bonds is 9. The molecule has 0 spiro atoms. The Morgan fingerprint density at radius 3 is 2.50 bits per heavy atom. The standard InChI is InChI=1S/C15H23NO2/c1-3-5-10-16-12-15(17)13-6-8-14(9-7-13)18-11-4-2/h6-9,16H,3-5,10-12H2,1-2H3. The third-order valence-corrected chi connectivity index (χ3v) is 2.64. The van der Waals surface area contributed by atoms with Crippen LogP contribution in [0.25, 0.3) is 0 Å². The molecule has 0 amide bonds. The van der Waals surface area contributed by atoms with Crippen LogP contribution in [0.4, 0.5) is 0 Å². The van der Waals surface area contributed by atoms with Crippen molar-refractivity contribution in [2.24, 2.45) is 0 Å². The van der Waals surface area contributed by atoms with Crippen molar-refractivity contribution >= 4 is 5.78 Å². The van der Waals surface area contributed by atoms with E-state index in [0.717, 1.165) is 37.1 Å². The van der Waals surface area contributed by atoms with E-state index in [1.807, 2.05) is 24.3 Å². The molecule has 1 aromatic rings. The van der Waals surface area contributed by atoms with E-state index in [-0.39, 0.29) is 5.78 Å². The zero-order chi connectivity index (χ0) is 13.2. The molecular weight excluding hydrogens is 226 g/mol. The lowest BCUT2D eigenvalue weighted by atomic mass is 10.1. The second kappa shape index (κ2) is 8.70. The number of carbonyl (C=O) groups is 1. The van der Waals surface area contributed by atoms with Gasteiger partial charge in [-0.05, 0) is 43.7 Å². The molecule has 0 radical (unpaired) electrons. The first kappa shape index (κ1) is 14.7. The highest BCUT2D eigenvalue weighted by atomic mass is 16.5. The maximum atomic E-state index is 11.8. The van der Waals surface area contributed by atoms with Crippen molar-refractivity contribution in [2.45, 2.75) is 33.1 Å². The van der Waals surface area contributed by atoms with Gasteiger partial charge in [0.2, 0.25) is 0 Å². The quantitative estimate of drug-likeness (QED) is 0.540. The second-order valence-corrected chi connectivity index (χ2v) is 4.33. The van der Waals surface area contributed by atoms with Gasteiger partial charge in [0.15, 0.2) is 5.78 Å². The van der Waals surface area contributed by atoms with Crippen LogP contribution in [-0.4, -0.2) is 25.5 Å². The Morgan fingerprint density at radius 1 is 1.17 bits per heavy atom. The van der Waals surface area contributed by atoms with Crippen LogP contribution < -0.4 is 10.1 Å². The summed E-state index contributed by atoms with van der Waals surface area (Å²) in [5.41, 5.74) is 0.739. The normalized spacial score (nSPS) is 10.3. The van der Waals surface area contributed by atoms with Crippen LogP contribution >= 0.6 is 0 Å².